The van der Waals surface area contributed by atoms with Crippen molar-refractivity contribution in [1.29, 1.82) is 0 Å². The van der Waals surface area contributed by atoms with Crippen LogP contribution in [-0.4, -0.2) is 21.0 Å². The number of aromatic nitrogens is 3. The van der Waals surface area contributed by atoms with Gasteiger partial charge in [-0.1, -0.05) is 30.3 Å². The van der Waals surface area contributed by atoms with Crippen LogP contribution >= 0.6 is 11.3 Å². The van der Waals surface area contributed by atoms with E-state index in [0.29, 0.717) is 18.9 Å². The molecule has 0 aliphatic heterocycles. The maximum Gasteiger partial charge on any atom is 0.315 e. The summed E-state index contributed by atoms with van der Waals surface area (Å²) < 4.78 is 0. The molecule has 0 aliphatic carbocycles. The Bertz CT molecular complexity index is 863. The van der Waals surface area contributed by atoms with Crippen LogP contribution in [0.5, 0.6) is 0 Å². The molecule has 0 bridgehead atoms. The molecule has 0 radical (unpaired) electrons. The van der Waals surface area contributed by atoms with Crippen molar-refractivity contribution < 1.29 is 4.79 Å². The van der Waals surface area contributed by atoms with Crippen LogP contribution in [0.4, 0.5) is 4.79 Å². The SMILES string of the molecule is Cc1nccc(CNC(=O)NCc2nc(-c3ccccc3)c(C)s2)n1. The van der Waals surface area contributed by atoms with Crippen molar-refractivity contribution in [2.45, 2.75) is 26.9 Å². The number of hydrogen-bond donors (Lipinski definition) is 2. The van der Waals surface area contributed by atoms with Gasteiger partial charge in [0.05, 0.1) is 24.5 Å². The third-order valence-electron chi connectivity index (χ3n) is 3.55. The van der Waals surface area contributed by atoms with Crippen LogP contribution in [-0.2, 0) is 13.1 Å². The van der Waals surface area contributed by atoms with Crippen molar-refractivity contribution in [2.24, 2.45) is 0 Å². The number of urea groups is 1. The molecule has 3 rings (SSSR count). The molecule has 2 N–H and O–H groups in total. The minimum atomic E-state index is -0.245. The standard InChI is InChI=1S/C18H19N5OS/c1-12-17(14-6-4-3-5-7-14)23-16(25-12)11-21-18(24)20-10-15-8-9-19-13(2)22-15/h3-9H,10-11H2,1-2H3,(H2,20,21,24). The summed E-state index contributed by atoms with van der Waals surface area (Å²) >= 11 is 1.59. The van der Waals surface area contributed by atoms with Crippen LogP contribution in [0, 0.1) is 13.8 Å². The maximum absolute atomic E-state index is 11.9. The molecule has 3 aromatic rings. The summed E-state index contributed by atoms with van der Waals surface area (Å²) in [5, 5.41) is 6.50. The first-order chi connectivity index (χ1) is 12.1. The molecule has 7 heteroatoms. The molecule has 0 saturated carbocycles. The summed E-state index contributed by atoms with van der Waals surface area (Å²) in [7, 11) is 0. The Morgan fingerprint density at radius 1 is 1.04 bits per heavy atom. The molecular formula is C18H19N5OS. The molecule has 6 nitrogen and oxygen atoms in total. The zero-order chi connectivity index (χ0) is 17.6. The molecule has 0 aliphatic rings. The first kappa shape index (κ1) is 17.0. The minimum absolute atomic E-state index is 0.245. The van der Waals surface area contributed by atoms with E-state index in [1.54, 1.807) is 23.6 Å². The number of benzene rings is 1. The molecule has 0 saturated heterocycles. The number of nitrogens with one attached hydrogen (secondary N) is 2. The van der Waals surface area contributed by atoms with Gasteiger partial charge in [0.1, 0.15) is 10.8 Å². The van der Waals surface area contributed by atoms with Gasteiger partial charge in [0.15, 0.2) is 0 Å². The van der Waals surface area contributed by atoms with Gasteiger partial charge in [-0.2, -0.15) is 0 Å². The molecule has 0 unspecified atom stereocenters. The molecule has 0 fully saturated rings. The second-order valence-electron chi connectivity index (χ2n) is 5.51. The number of carbonyl (C=O) groups excluding carboxylic acids is 1. The van der Waals surface area contributed by atoms with E-state index in [0.717, 1.165) is 26.8 Å². The Morgan fingerprint density at radius 2 is 1.80 bits per heavy atom. The average molecular weight is 353 g/mol. The van der Waals surface area contributed by atoms with Gasteiger partial charge in [0, 0.05) is 16.6 Å². The molecular weight excluding hydrogens is 334 g/mol. The first-order valence-electron chi connectivity index (χ1n) is 7.94. The van der Waals surface area contributed by atoms with Gasteiger partial charge in [-0.3, -0.25) is 0 Å². The fraction of sp³-hybridized carbons (Fsp3) is 0.222. The molecule has 128 valence electrons. The van der Waals surface area contributed by atoms with Crippen LogP contribution < -0.4 is 10.6 Å². The monoisotopic (exact) mass is 353 g/mol. The Balaban J connectivity index is 1.54. The minimum Gasteiger partial charge on any atom is -0.333 e. The van der Waals surface area contributed by atoms with Crippen LogP contribution in [0.25, 0.3) is 11.3 Å². The number of thiazole rings is 1. The second-order valence-corrected chi connectivity index (χ2v) is 6.80. The predicted octanol–water partition coefficient (Wildman–Crippen LogP) is 3.22. The highest BCUT2D eigenvalue weighted by Gasteiger charge is 2.10. The third kappa shape index (κ3) is 4.60. The van der Waals surface area contributed by atoms with E-state index in [2.05, 4.69) is 25.6 Å². The number of carbonyl (C=O) groups is 1. The van der Waals surface area contributed by atoms with Crippen molar-refractivity contribution in [3.63, 3.8) is 0 Å². The lowest BCUT2D eigenvalue weighted by Crippen LogP contribution is -2.34. The summed E-state index contributed by atoms with van der Waals surface area (Å²) in [4.78, 5) is 26.0. The van der Waals surface area contributed by atoms with E-state index < -0.39 is 0 Å². The van der Waals surface area contributed by atoms with Crippen LogP contribution in [0.3, 0.4) is 0 Å². The van der Waals surface area contributed by atoms with Gasteiger partial charge in [-0.15, -0.1) is 11.3 Å². The summed E-state index contributed by atoms with van der Waals surface area (Å²) in [6, 6.07) is 11.6. The second kappa shape index (κ2) is 7.85. The Hall–Kier alpha value is -2.80. The van der Waals surface area contributed by atoms with E-state index in [9.17, 15) is 4.79 Å². The van der Waals surface area contributed by atoms with Crippen molar-refractivity contribution in [3.05, 3.63) is 64.0 Å². The summed E-state index contributed by atoms with van der Waals surface area (Å²) in [6.07, 6.45) is 1.68. The fourth-order valence-electron chi connectivity index (χ4n) is 2.38. The highest BCUT2D eigenvalue weighted by molar-refractivity contribution is 7.12. The molecule has 2 heterocycles. The topological polar surface area (TPSA) is 79.8 Å². The van der Waals surface area contributed by atoms with Crippen molar-refractivity contribution >= 4 is 17.4 Å². The Morgan fingerprint density at radius 3 is 2.56 bits per heavy atom. The predicted molar refractivity (Wildman–Crippen MR) is 98.1 cm³/mol. The fourth-order valence-corrected chi connectivity index (χ4v) is 3.28. The highest BCUT2D eigenvalue weighted by Crippen LogP contribution is 2.27. The Kier molecular flexibility index (Phi) is 5.35. The zero-order valence-corrected chi connectivity index (χ0v) is 14.9. The Labute approximate surface area is 150 Å². The lowest BCUT2D eigenvalue weighted by atomic mass is 10.1. The average Bonchev–Trinajstić information content (AvgIpc) is 3.00. The van der Waals surface area contributed by atoms with Crippen molar-refractivity contribution in [1.82, 2.24) is 25.6 Å². The van der Waals surface area contributed by atoms with E-state index in [1.165, 1.54) is 0 Å². The summed E-state index contributed by atoms with van der Waals surface area (Å²) in [6.45, 7) is 4.62. The summed E-state index contributed by atoms with van der Waals surface area (Å²) in [5.41, 5.74) is 2.84. The van der Waals surface area contributed by atoms with Crippen molar-refractivity contribution in [2.75, 3.05) is 0 Å². The van der Waals surface area contributed by atoms with Crippen LogP contribution in [0.2, 0.25) is 0 Å². The number of nitrogens with zero attached hydrogens (tertiary/aromatic N) is 3. The molecule has 0 atom stereocenters. The quantitative estimate of drug-likeness (QED) is 0.738. The largest absolute Gasteiger partial charge is 0.333 e. The lowest BCUT2D eigenvalue weighted by Gasteiger charge is -2.06. The van der Waals surface area contributed by atoms with Crippen LogP contribution in [0.15, 0.2) is 42.6 Å². The van der Waals surface area contributed by atoms with Gasteiger partial charge >= 0.3 is 6.03 Å². The number of hydrogen-bond acceptors (Lipinski definition) is 5. The van der Waals surface area contributed by atoms with Gasteiger partial charge in [0.2, 0.25) is 0 Å². The highest BCUT2D eigenvalue weighted by atomic mass is 32.1. The van der Waals surface area contributed by atoms with Gasteiger partial charge < -0.3 is 10.6 Å². The summed E-state index contributed by atoms with van der Waals surface area (Å²) in [5.74, 6) is 0.686. The van der Waals surface area contributed by atoms with E-state index in [-0.39, 0.29) is 6.03 Å². The van der Waals surface area contributed by atoms with Gasteiger partial charge in [0.25, 0.3) is 0 Å². The molecule has 1 aromatic carbocycles. The molecule has 2 aromatic heterocycles. The van der Waals surface area contributed by atoms with E-state index in [1.807, 2.05) is 44.2 Å². The van der Waals surface area contributed by atoms with Crippen molar-refractivity contribution in [3.8, 4) is 11.3 Å². The van der Waals surface area contributed by atoms with Crippen LogP contribution in [0.1, 0.15) is 21.4 Å². The first-order valence-corrected chi connectivity index (χ1v) is 8.75. The lowest BCUT2D eigenvalue weighted by molar-refractivity contribution is 0.240. The number of amides is 2. The molecule has 25 heavy (non-hydrogen) atoms. The van der Waals surface area contributed by atoms with E-state index >= 15 is 0 Å². The smallest absolute Gasteiger partial charge is 0.315 e. The van der Waals surface area contributed by atoms with Gasteiger partial charge in [-0.05, 0) is 19.9 Å². The molecule has 2 amide bonds. The maximum atomic E-state index is 11.9. The van der Waals surface area contributed by atoms with Gasteiger partial charge in [-0.25, -0.2) is 19.7 Å². The zero-order valence-electron chi connectivity index (χ0n) is 14.1. The number of aryl methyl sites for hydroxylation is 2. The number of rotatable bonds is 5. The molecule has 0 spiro atoms. The normalized spacial score (nSPS) is 10.5. The third-order valence-corrected chi connectivity index (χ3v) is 4.52. The van der Waals surface area contributed by atoms with E-state index in [4.69, 9.17) is 0 Å².